The maximum absolute atomic E-state index is 2.38. The van der Waals surface area contributed by atoms with Crippen molar-refractivity contribution in [1.82, 2.24) is 0 Å². The monoisotopic (exact) mass is 162 g/mol. The van der Waals surface area contributed by atoms with Gasteiger partial charge in [-0.25, -0.2) is 0 Å². The molecule has 0 aromatic carbocycles. The summed E-state index contributed by atoms with van der Waals surface area (Å²) in [5.41, 5.74) is 1.73. The van der Waals surface area contributed by atoms with Crippen LogP contribution in [0.25, 0.3) is 0 Å². The van der Waals surface area contributed by atoms with Crippen LogP contribution in [0.1, 0.15) is 39.0 Å². The minimum atomic E-state index is 0.859. The third-order valence-electron chi connectivity index (χ3n) is 3.34. The van der Waals surface area contributed by atoms with Gasteiger partial charge in [-0.05, 0) is 43.9 Å². The molecule has 0 amide bonds. The van der Waals surface area contributed by atoms with Crippen LogP contribution < -0.4 is 0 Å². The second-order valence-corrected chi connectivity index (χ2v) is 4.20. The molecule has 2 atom stereocenters. The van der Waals surface area contributed by atoms with E-state index in [1.807, 2.05) is 0 Å². The summed E-state index contributed by atoms with van der Waals surface area (Å²) < 4.78 is 0. The molecule has 0 heterocycles. The quantitative estimate of drug-likeness (QED) is 0.509. The smallest absolute Gasteiger partial charge is 0.0197 e. The maximum atomic E-state index is 2.38. The SMILES string of the molecule is CC1CCC2CCCC=CC=C12. The van der Waals surface area contributed by atoms with E-state index in [1.165, 1.54) is 32.1 Å². The van der Waals surface area contributed by atoms with Gasteiger partial charge in [0.15, 0.2) is 0 Å². The van der Waals surface area contributed by atoms with Crippen LogP contribution in [0.2, 0.25) is 0 Å². The number of hydrogen-bond acceptors (Lipinski definition) is 0. The Morgan fingerprint density at radius 1 is 1.25 bits per heavy atom. The normalized spacial score (nSPS) is 35.2. The summed E-state index contributed by atoms with van der Waals surface area (Å²) in [6, 6.07) is 0. The van der Waals surface area contributed by atoms with Crippen molar-refractivity contribution in [3.63, 3.8) is 0 Å². The average molecular weight is 162 g/mol. The van der Waals surface area contributed by atoms with Crippen LogP contribution in [0.15, 0.2) is 23.8 Å². The van der Waals surface area contributed by atoms with Gasteiger partial charge in [0, 0.05) is 0 Å². The van der Waals surface area contributed by atoms with Crippen LogP contribution in [0.3, 0.4) is 0 Å². The Morgan fingerprint density at radius 2 is 2.17 bits per heavy atom. The van der Waals surface area contributed by atoms with E-state index in [4.69, 9.17) is 0 Å². The van der Waals surface area contributed by atoms with Crippen LogP contribution in [-0.4, -0.2) is 0 Å². The zero-order chi connectivity index (χ0) is 8.39. The Kier molecular flexibility index (Phi) is 2.34. The molecule has 12 heavy (non-hydrogen) atoms. The van der Waals surface area contributed by atoms with Crippen molar-refractivity contribution in [2.24, 2.45) is 11.8 Å². The molecule has 2 aliphatic rings. The molecule has 1 saturated carbocycles. The van der Waals surface area contributed by atoms with Crippen molar-refractivity contribution >= 4 is 0 Å². The molecule has 2 aliphatic carbocycles. The number of hydrogen-bond donors (Lipinski definition) is 0. The van der Waals surface area contributed by atoms with Gasteiger partial charge in [0.25, 0.3) is 0 Å². The second-order valence-electron chi connectivity index (χ2n) is 4.20. The van der Waals surface area contributed by atoms with Crippen LogP contribution in [-0.2, 0) is 0 Å². The van der Waals surface area contributed by atoms with Gasteiger partial charge < -0.3 is 0 Å². The minimum Gasteiger partial charge on any atom is -0.0845 e. The molecule has 0 bridgehead atoms. The third kappa shape index (κ3) is 1.48. The van der Waals surface area contributed by atoms with Gasteiger partial charge in [0.05, 0.1) is 0 Å². The lowest BCUT2D eigenvalue weighted by atomic mass is 9.91. The Balaban J connectivity index is 2.19. The number of fused-ring (bicyclic) bond motifs is 1. The van der Waals surface area contributed by atoms with Crippen molar-refractivity contribution in [3.8, 4) is 0 Å². The average Bonchev–Trinajstić information content (AvgIpc) is 2.31. The van der Waals surface area contributed by atoms with E-state index in [9.17, 15) is 0 Å². The van der Waals surface area contributed by atoms with E-state index >= 15 is 0 Å². The molecule has 0 spiro atoms. The molecule has 2 rings (SSSR count). The van der Waals surface area contributed by atoms with E-state index in [0.29, 0.717) is 0 Å². The van der Waals surface area contributed by atoms with Gasteiger partial charge >= 0.3 is 0 Å². The van der Waals surface area contributed by atoms with Gasteiger partial charge in [0.2, 0.25) is 0 Å². The molecule has 0 aliphatic heterocycles. The van der Waals surface area contributed by atoms with Crippen molar-refractivity contribution < 1.29 is 0 Å². The summed E-state index contributed by atoms with van der Waals surface area (Å²) >= 11 is 0. The highest BCUT2D eigenvalue weighted by Gasteiger charge is 2.26. The first kappa shape index (κ1) is 8.10. The van der Waals surface area contributed by atoms with Gasteiger partial charge in [0.1, 0.15) is 0 Å². The fourth-order valence-electron chi connectivity index (χ4n) is 2.56. The molecule has 66 valence electrons. The lowest BCUT2D eigenvalue weighted by Gasteiger charge is -2.14. The van der Waals surface area contributed by atoms with Crippen molar-refractivity contribution in [2.75, 3.05) is 0 Å². The summed E-state index contributed by atoms with van der Waals surface area (Å²) in [6.45, 7) is 2.38. The van der Waals surface area contributed by atoms with E-state index in [0.717, 1.165) is 11.8 Å². The largest absolute Gasteiger partial charge is 0.0845 e. The molecule has 0 N–H and O–H groups in total. The molecule has 2 unspecified atom stereocenters. The first-order valence-corrected chi connectivity index (χ1v) is 5.24. The Labute approximate surface area is 75.4 Å². The summed E-state index contributed by atoms with van der Waals surface area (Å²) in [4.78, 5) is 0. The second kappa shape index (κ2) is 3.47. The van der Waals surface area contributed by atoms with Gasteiger partial charge in [-0.2, -0.15) is 0 Å². The predicted octanol–water partition coefficient (Wildman–Crippen LogP) is 3.70. The van der Waals surface area contributed by atoms with Gasteiger partial charge in [-0.15, -0.1) is 0 Å². The van der Waals surface area contributed by atoms with E-state index in [2.05, 4.69) is 25.2 Å². The summed E-state index contributed by atoms with van der Waals surface area (Å²) in [6.07, 6.45) is 13.9. The highest BCUT2D eigenvalue weighted by Crippen LogP contribution is 2.39. The molecule has 0 radical (unpaired) electrons. The molecule has 0 aromatic rings. The van der Waals surface area contributed by atoms with E-state index < -0.39 is 0 Å². The molecule has 0 nitrogen and oxygen atoms in total. The van der Waals surface area contributed by atoms with Crippen LogP contribution in [0.5, 0.6) is 0 Å². The summed E-state index contributed by atoms with van der Waals surface area (Å²) in [5.74, 6) is 1.79. The topological polar surface area (TPSA) is 0 Å². The predicted molar refractivity (Wildman–Crippen MR) is 53.0 cm³/mol. The van der Waals surface area contributed by atoms with Gasteiger partial charge in [-0.1, -0.05) is 30.7 Å². The molecular weight excluding hydrogens is 144 g/mol. The maximum Gasteiger partial charge on any atom is -0.0197 e. The first-order chi connectivity index (χ1) is 5.88. The Hall–Kier alpha value is -0.520. The van der Waals surface area contributed by atoms with Crippen LogP contribution >= 0.6 is 0 Å². The highest BCUT2D eigenvalue weighted by molar-refractivity contribution is 5.21. The number of rotatable bonds is 0. The zero-order valence-electron chi connectivity index (χ0n) is 7.92. The molecular formula is C12H18. The lowest BCUT2D eigenvalue weighted by Crippen LogP contribution is -2.01. The standard InChI is InChI=1S/C12H18/c1-10-8-9-11-6-4-2-3-5-7-12(10)11/h3,5,7,10-11H,2,4,6,8-9H2,1H3. The van der Waals surface area contributed by atoms with Crippen LogP contribution in [0.4, 0.5) is 0 Å². The highest BCUT2D eigenvalue weighted by atomic mass is 14.3. The van der Waals surface area contributed by atoms with Crippen molar-refractivity contribution in [3.05, 3.63) is 23.8 Å². The third-order valence-corrected chi connectivity index (χ3v) is 3.34. The lowest BCUT2D eigenvalue weighted by molar-refractivity contribution is 0.547. The van der Waals surface area contributed by atoms with Crippen molar-refractivity contribution in [2.45, 2.75) is 39.0 Å². The Morgan fingerprint density at radius 3 is 3.08 bits per heavy atom. The van der Waals surface area contributed by atoms with E-state index in [-0.39, 0.29) is 0 Å². The number of allylic oxidation sites excluding steroid dienone is 4. The fraction of sp³-hybridized carbons (Fsp3) is 0.667. The zero-order valence-corrected chi connectivity index (χ0v) is 7.92. The van der Waals surface area contributed by atoms with E-state index in [1.54, 1.807) is 5.57 Å². The molecule has 0 aromatic heterocycles. The van der Waals surface area contributed by atoms with Gasteiger partial charge in [-0.3, -0.25) is 0 Å². The minimum absolute atomic E-state index is 0.859. The molecule has 1 fully saturated rings. The summed E-state index contributed by atoms with van der Waals surface area (Å²) in [7, 11) is 0. The van der Waals surface area contributed by atoms with Crippen molar-refractivity contribution in [1.29, 1.82) is 0 Å². The first-order valence-electron chi connectivity index (χ1n) is 5.24. The summed E-state index contributed by atoms with van der Waals surface area (Å²) in [5, 5.41) is 0. The Bertz CT molecular complexity index is 210. The molecule has 0 heteroatoms. The fourth-order valence-corrected chi connectivity index (χ4v) is 2.56. The molecule has 0 saturated heterocycles. The van der Waals surface area contributed by atoms with Crippen LogP contribution in [0, 0.1) is 11.8 Å².